The first-order valence-electron chi connectivity index (χ1n) is 12.3. The highest BCUT2D eigenvalue weighted by Crippen LogP contribution is 2.37. The second kappa shape index (κ2) is 11.2. The minimum atomic E-state index is -0.0840. The van der Waals surface area contributed by atoms with E-state index in [2.05, 4.69) is 20.1 Å². The number of fused-ring (bicyclic) bond motifs is 1. The van der Waals surface area contributed by atoms with Crippen LogP contribution in [0, 0.1) is 5.92 Å². The third kappa shape index (κ3) is 5.67. The van der Waals surface area contributed by atoms with Crippen LogP contribution in [0.15, 0.2) is 24.1 Å². The first-order valence-corrected chi connectivity index (χ1v) is 12.7. The standard InChI is InChI=1S/C25H36N4O2S/c1-2-22-25(32)29(18-19-10-5-3-6-11-19)21-16-20(17-27-24(21)31-22)23(30)26-12-9-15-28-13-7-4-8-14-28/h2,16-17,19H,3-15,18H2,1H3,(H,26,30). The van der Waals surface area contributed by atoms with Gasteiger partial charge in [0.25, 0.3) is 5.91 Å². The van der Waals surface area contributed by atoms with Gasteiger partial charge in [0.1, 0.15) is 10.7 Å². The largest absolute Gasteiger partial charge is 0.434 e. The zero-order valence-corrected chi connectivity index (χ0v) is 20.1. The summed E-state index contributed by atoms with van der Waals surface area (Å²) in [4.78, 5) is 22.6. The van der Waals surface area contributed by atoms with E-state index < -0.39 is 0 Å². The molecule has 3 heterocycles. The van der Waals surface area contributed by atoms with E-state index in [1.807, 2.05) is 19.1 Å². The van der Waals surface area contributed by atoms with Gasteiger partial charge in [-0.3, -0.25) is 4.79 Å². The summed E-state index contributed by atoms with van der Waals surface area (Å²) in [5.74, 6) is 1.73. The quantitative estimate of drug-likeness (QED) is 0.365. The van der Waals surface area contributed by atoms with E-state index in [1.165, 1.54) is 64.5 Å². The summed E-state index contributed by atoms with van der Waals surface area (Å²) in [6.45, 7) is 6.88. The first-order chi connectivity index (χ1) is 15.7. The Balaban J connectivity index is 1.41. The lowest BCUT2D eigenvalue weighted by Crippen LogP contribution is -2.40. The number of rotatable bonds is 7. The number of hydrogen-bond acceptors (Lipinski definition) is 5. The predicted molar refractivity (Wildman–Crippen MR) is 132 cm³/mol. The van der Waals surface area contributed by atoms with Crippen LogP contribution in [0.25, 0.3) is 0 Å². The van der Waals surface area contributed by atoms with E-state index >= 15 is 0 Å². The van der Waals surface area contributed by atoms with E-state index in [1.54, 1.807) is 6.20 Å². The van der Waals surface area contributed by atoms with Crippen LogP contribution in [-0.4, -0.2) is 53.5 Å². The summed E-state index contributed by atoms with van der Waals surface area (Å²) in [6, 6.07) is 1.89. The summed E-state index contributed by atoms with van der Waals surface area (Å²) in [5.41, 5.74) is 1.37. The van der Waals surface area contributed by atoms with Gasteiger partial charge in [-0.05, 0) is 76.7 Å². The number of piperidine rings is 1. The normalized spacial score (nSPS) is 21.3. The fourth-order valence-corrected chi connectivity index (χ4v) is 5.34. The Hall–Kier alpha value is -1.99. The molecule has 1 N–H and O–H groups in total. The summed E-state index contributed by atoms with van der Waals surface area (Å²) >= 11 is 5.75. The summed E-state index contributed by atoms with van der Waals surface area (Å²) < 4.78 is 5.94. The molecule has 4 rings (SSSR count). The van der Waals surface area contributed by atoms with Gasteiger partial charge in [-0.1, -0.05) is 37.9 Å². The molecule has 1 aromatic heterocycles. The number of carbonyl (C=O) groups is 1. The molecule has 3 aliphatic rings. The Morgan fingerprint density at radius 1 is 1.22 bits per heavy atom. The highest BCUT2D eigenvalue weighted by molar-refractivity contribution is 7.81. The number of aromatic nitrogens is 1. The maximum absolute atomic E-state index is 12.8. The van der Waals surface area contributed by atoms with Crippen molar-refractivity contribution in [3.63, 3.8) is 0 Å². The van der Waals surface area contributed by atoms with Crippen LogP contribution in [-0.2, 0) is 0 Å². The lowest BCUT2D eigenvalue weighted by molar-refractivity contribution is 0.0950. The third-order valence-electron chi connectivity index (χ3n) is 6.86. The van der Waals surface area contributed by atoms with E-state index in [-0.39, 0.29) is 5.91 Å². The predicted octanol–water partition coefficient (Wildman–Crippen LogP) is 4.70. The zero-order valence-electron chi connectivity index (χ0n) is 19.3. The topological polar surface area (TPSA) is 57.7 Å². The second-order valence-corrected chi connectivity index (χ2v) is 9.62. The molecule has 0 spiro atoms. The smallest absolute Gasteiger partial charge is 0.252 e. The van der Waals surface area contributed by atoms with Gasteiger partial charge in [-0.2, -0.15) is 0 Å². The van der Waals surface area contributed by atoms with Crippen molar-refractivity contribution in [1.29, 1.82) is 0 Å². The molecule has 1 aromatic rings. The van der Waals surface area contributed by atoms with Crippen LogP contribution in [0.1, 0.15) is 75.1 Å². The van der Waals surface area contributed by atoms with E-state index in [0.717, 1.165) is 25.2 Å². The molecular weight excluding hydrogens is 420 g/mol. The third-order valence-corrected chi connectivity index (χ3v) is 7.28. The number of carbonyl (C=O) groups excluding carboxylic acids is 1. The van der Waals surface area contributed by atoms with Crippen molar-refractivity contribution in [2.45, 2.75) is 64.7 Å². The number of ether oxygens (including phenoxy) is 1. The Bertz CT molecular complexity index is 844. The molecule has 0 radical (unpaired) electrons. The molecule has 2 fully saturated rings. The Morgan fingerprint density at radius 2 is 1.97 bits per heavy atom. The number of thiocarbonyl (C=S) groups is 1. The number of pyridine rings is 1. The van der Waals surface area contributed by atoms with Gasteiger partial charge in [0.05, 0.1) is 5.56 Å². The van der Waals surface area contributed by atoms with Gasteiger partial charge >= 0.3 is 0 Å². The second-order valence-electron chi connectivity index (χ2n) is 9.23. The highest BCUT2D eigenvalue weighted by atomic mass is 32.1. The summed E-state index contributed by atoms with van der Waals surface area (Å²) in [5, 5.41) is 3.06. The molecule has 1 amide bonds. The van der Waals surface area contributed by atoms with Crippen molar-refractivity contribution in [3.05, 3.63) is 29.7 Å². The molecule has 0 unspecified atom stereocenters. The van der Waals surface area contributed by atoms with Gasteiger partial charge in [-0.25, -0.2) is 4.98 Å². The minimum Gasteiger partial charge on any atom is -0.434 e. The van der Waals surface area contributed by atoms with Crippen LogP contribution in [0.4, 0.5) is 5.69 Å². The SMILES string of the molecule is CC=C1Oc2ncc(C(=O)NCCCN3CCCCC3)cc2N(CC2CCCCC2)C1=S. The summed E-state index contributed by atoms with van der Waals surface area (Å²) in [7, 11) is 0. The molecule has 2 aliphatic heterocycles. The monoisotopic (exact) mass is 456 g/mol. The lowest BCUT2D eigenvalue weighted by atomic mass is 9.88. The van der Waals surface area contributed by atoms with Crippen molar-refractivity contribution in [2.24, 2.45) is 5.92 Å². The van der Waals surface area contributed by atoms with Gasteiger partial charge < -0.3 is 19.9 Å². The van der Waals surface area contributed by atoms with Crippen molar-refractivity contribution >= 4 is 28.8 Å². The number of nitrogens with one attached hydrogen (secondary N) is 1. The highest BCUT2D eigenvalue weighted by Gasteiger charge is 2.31. The fourth-order valence-electron chi connectivity index (χ4n) is 5.01. The average molecular weight is 457 g/mol. The van der Waals surface area contributed by atoms with E-state index in [4.69, 9.17) is 17.0 Å². The Kier molecular flexibility index (Phi) is 8.14. The molecule has 7 heteroatoms. The van der Waals surface area contributed by atoms with Crippen molar-refractivity contribution < 1.29 is 9.53 Å². The molecule has 1 aliphatic carbocycles. The van der Waals surface area contributed by atoms with Gasteiger partial charge in [-0.15, -0.1) is 0 Å². The number of anilines is 1. The fraction of sp³-hybridized carbons (Fsp3) is 0.640. The molecule has 1 saturated carbocycles. The summed E-state index contributed by atoms with van der Waals surface area (Å²) in [6.07, 6.45) is 14.7. The molecule has 174 valence electrons. The minimum absolute atomic E-state index is 0.0840. The average Bonchev–Trinajstić information content (AvgIpc) is 2.84. The van der Waals surface area contributed by atoms with Crippen LogP contribution >= 0.6 is 12.2 Å². The molecule has 32 heavy (non-hydrogen) atoms. The van der Waals surface area contributed by atoms with Crippen molar-refractivity contribution in [1.82, 2.24) is 15.2 Å². The molecular formula is C25H36N4O2S. The van der Waals surface area contributed by atoms with Crippen LogP contribution in [0.5, 0.6) is 5.88 Å². The molecule has 0 bridgehead atoms. The molecule has 6 nitrogen and oxygen atoms in total. The van der Waals surface area contributed by atoms with Crippen molar-refractivity contribution in [2.75, 3.05) is 37.6 Å². The lowest BCUT2D eigenvalue weighted by Gasteiger charge is -2.35. The van der Waals surface area contributed by atoms with Crippen molar-refractivity contribution in [3.8, 4) is 5.88 Å². The number of nitrogens with zero attached hydrogens (tertiary/aromatic N) is 3. The molecule has 0 atom stereocenters. The molecule has 1 saturated heterocycles. The van der Waals surface area contributed by atoms with Gasteiger partial charge in [0.2, 0.25) is 5.88 Å². The number of allylic oxidation sites excluding steroid dienone is 1. The number of likely N-dealkylation sites (tertiary alicyclic amines) is 1. The number of hydrogen-bond donors (Lipinski definition) is 1. The van der Waals surface area contributed by atoms with Crippen LogP contribution < -0.4 is 15.0 Å². The first kappa shape index (κ1) is 23.2. The number of amides is 1. The zero-order chi connectivity index (χ0) is 22.3. The molecule has 0 aromatic carbocycles. The van der Waals surface area contributed by atoms with E-state index in [9.17, 15) is 4.79 Å². The maximum atomic E-state index is 12.8. The van der Waals surface area contributed by atoms with Gasteiger partial charge in [0, 0.05) is 19.3 Å². The van der Waals surface area contributed by atoms with Gasteiger partial charge in [0.15, 0.2) is 5.76 Å². The van der Waals surface area contributed by atoms with Crippen LogP contribution in [0.2, 0.25) is 0 Å². The van der Waals surface area contributed by atoms with Crippen LogP contribution in [0.3, 0.4) is 0 Å². The Morgan fingerprint density at radius 3 is 2.72 bits per heavy atom. The van der Waals surface area contributed by atoms with E-state index in [0.29, 0.717) is 34.7 Å². The maximum Gasteiger partial charge on any atom is 0.252 e. The Labute approximate surface area is 197 Å².